The first-order valence-electron chi connectivity index (χ1n) is 7.12. The number of nitrogens with zero attached hydrogens (tertiary/aromatic N) is 3. The predicted molar refractivity (Wildman–Crippen MR) is 87.2 cm³/mol. The Bertz CT molecular complexity index is 784. The number of amides is 2. The maximum Gasteiger partial charge on any atom is 0.273 e. The molecular formula is C16H15ClN4O2. The first-order chi connectivity index (χ1) is 11.1. The largest absolute Gasteiger partial charge is 0.330 e. The maximum atomic E-state index is 12.4. The van der Waals surface area contributed by atoms with Crippen molar-refractivity contribution < 1.29 is 9.59 Å². The van der Waals surface area contributed by atoms with Gasteiger partial charge in [-0.1, -0.05) is 30.3 Å². The van der Waals surface area contributed by atoms with Crippen LogP contribution in [0, 0.1) is 0 Å². The Morgan fingerprint density at radius 3 is 2.83 bits per heavy atom. The molecule has 6 nitrogen and oxygen atoms in total. The van der Waals surface area contributed by atoms with Gasteiger partial charge in [0.05, 0.1) is 23.5 Å². The van der Waals surface area contributed by atoms with E-state index >= 15 is 0 Å². The molecule has 1 aromatic carbocycles. The molecule has 3 rings (SSSR count). The number of anilines is 1. The predicted octanol–water partition coefficient (Wildman–Crippen LogP) is 2.32. The molecule has 0 bridgehead atoms. The van der Waals surface area contributed by atoms with Crippen LogP contribution in [0.1, 0.15) is 16.3 Å². The number of para-hydroxylation sites is 1. The number of hydrogen-bond acceptors (Lipinski definition) is 3. The monoisotopic (exact) mass is 330 g/mol. The van der Waals surface area contributed by atoms with Crippen molar-refractivity contribution in [3.63, 3.8) is 0 Å². The van der Waals surface area contributed by atoms with Gasteiger partial charge in [0.1, 0.15) is 11.5 Å². The number of nitrogens with one attached hydrogen (secondary N) is 1. The van der Waals surface area contributed by atoms with Crippen LogP contribution in [0.3, 0.4) is 0 Å². The Labute approximate surface area is 138 Å². The highest BCUT2D eigenvalue weighted by Gasteiger charge is 2.24. The van der Waals surface area contributed by atoms with Crippen molar-refractivity contribution in [2.75, 3.05) is 11.9 Å². The van der Waals surface area contributed by atoms with Crippen molar-refractivity contribution in [1.82, 2.24) is 14.5 Å². The van der Waals surface area contributed by atoms with E-state index in [4.69, 9.17) is 11.6 Å². The summed E-state index contributed by atoms with van der Waals surface area (Å²) in [4.78, 5) is 30.0. The van der Waals surface area contributed by atoms with Gasteiger partial charge in [-0.25, -0.2) is 4.98 Å². The highest BCUT2D eigenvalue weighted by Crippen LogP contribution is 2.22. The normalized spacial score (nSPS) is 13.3. The molecule has 0 saturated heterocycles. The summed E-state index contributed by atoms with van der Waals surface area (Å²) in [5, 5.41) is 3.25. The van der Waals surface area contributed by atoms with Gasteiger partial charge < -0.3 is 14.8 Å². The number of carbonyl (C=O) groups is 2. The summed E-state index contributed by atoms with van der Waals surface area (Å²) >= 11 is 6.05. The molecule has 23 heavy (non-hydrogen) atoms. The molecule has 2 aromatic rings. The molecule has 118 valence electrons. The summed E-state index contributed by atoms with van der Waals surface area (Å²) in [5.41, 5.74) is 1.000. The van der Waals surface area contributed by atoms with E-state index in [0.717, 1.165) is 0 Å². The zero-order chi connectivity index (χ0) is 16.4. The van der Waals surface area contributed by atoms with Crippen LogP contribution >= 0.6 is 11.6 Å². The zero-order valence-electron chi connectivity index (χ0n) is 12.3. The van der Waals surface area contributed by atoms with Crippen LogP contribution in [0.4, 0.5) is 5.69 Å². The Morgan fingerprint density at radius 1 is 1.30 bits per heavy atom. The lowest BCUT2D eigenvalue weighted by molar-refractivity contribution is -0.127. The number of benzene rings is 1. The maximum absolute atomic E-state index is 12.4. The molecule has 0 aliphatic carbocycles. The fraction of sp³-hybridized carbons (Fsp3) is 0.188. The van der Waals surface area contributed by atoms with Gasteiger partial charge in [-0.2, -0.15) is 0 Å². The standard InChI is InChI=1S/C16H15ClN4O2/c1-2-15(22)20-7-8-21-13(9-18-14(21)10-20)16(23)19-12-6-4-3-5-11(12)17/h2-6,9H,1,7-8,10H2,(H,19,23). The minimum absolute atomic E-state index is 0.138. The molecule has 0 fully saturated rings. The van der Waals surface area contributed by atoms with Crippen LogP contribution in [0.25, 0.3) is 0 Å². The molecule has 2 amide bonds. The van der Waals surface area contributed by atoms with Crippen LogP contribution in [-0.4, -0.2) is 32.8 Å². The highest BCUT2D eigenvalue weighted by atomic mass is 35.5. The lowest BCUT2D eigenvalue weighted by Gasteiger charge is -2.27. The zero-order valence-corrected chi connectivity index (χ0v) is 13.1. The molecule has 1 aliphatic rings. The van der Waals surface area contributed by atoms with Crippen LogP contribution in [0.5, 0.6) is 0 Å². The lowest BCUT2D eigenvalue weighted by atomic mass is 10.3. The minimum atomic E-state index is -0.277. The van der Waals surface area contributed by atoms with E-state index in [-0.39, 0.29) is 11.8 Å². The number of hydrogen-bond donors (Lipinski definition) is 1. The number of imidazole rings is 1. The Hall–Kier alpha value is -2.60. The van der Waals surface area contributed by atoms with Crippen LogP contribution in [0.15, 0.2) is 43.1 Å². The minimum Gasteiger partial charge on any atom is -0.330 e. The smallest absolute Gasteiger partial charge is 0.273 e. The van der Waals surface area contributed by atoms with E-state index in [0.29, 0.717) is 41.9 Å². The molecule has 0 saturated carbocycles. The topological polar surface area (TPSA) is 67.2 Å². The second kappa shape index (κ2) is 6.26. The van der Waals surface area contributed by atoms with Gasteiger partial charge in [0.15, 0.2) is 0 Å². The van der Waals surface area contributed by atoms with E-state index in [2.05, 4.69) is 16.9 Å². The molecule has 1 aromatic heterocycles. The SMILES string of the molecule is C=CC(=O)N1CCn2c(C(=O)Nc3ccccc3Cl)cnc2C1. The molecule has 1 aliphatic heterocycles. The van der Waals surface area contributed by atoms with Crippen molar-refractivity contribution >= 4 is 29.1 Å². The third-order valence-electron chi connectivity index (χ3n) is 3.71. The van der Waals surface area contributed by atoms with Gasteiger partial charge >= 0.3 is 0 Å². The van der Waals surface area contributed by atoms with Gasteiger partial charge in [0, 0.05) is 13.1 Å². The van der Waals surface area contributed by atoms with Crippen molar-refractivity contribution in [3.05, 3.63) is 59.7 Å². The number of rotatable bonds is 3. The number of fused-ring (bicyclic) bond motifs is 1. The van der Waals surface area contributed by atoms with Crippen molar-refractivity contribution in [2.45, 2.75) is 13.1 Å². The fourth-order valence-electron chi connectivity index (χ4n) is 2.51. The van der Waals surface area contributed by atoms with E-state index in [9.17, 15) is 9.59 Å². The van der Waals surface area contributed by atoms with Crippen molar-refractivity contribution in [3.8, 4) is 0 Å². The second-order valence-electron chi connectivity index (χ2n) is 5.11. The molecule has 0 unspecified atom stereocenters. The van der Waals surface area contributed by atoms with Crippen molar-refractivity contribution in [2.24, 2.45) is 0 Å². The average molecular weight is 331 g/mol. The van der Waals surface area contributed by atoms with Crippen LogP contribution in [0.2, 0.25) is 5.02 Å². The van der Waals surface area contributed by atoms with Gasteiger partial charge in [-0.3, -0.25) is 9.59 Å². The van der Waals surface area contributed by atoms with E-state index in [1.807, 2.05) is 4.57 Å². The third kappa shape index (κ3) is 2.98. The first kappa shape index (κ1) is 15.3. The summed E-state index contributed by atoms with van der Waals surface area (Å²) in [6.07, 6.45) is 2.80. The van der Waals surface area contributed by atoms with Gasteiger partial charge in [-0.15, -0.1) is 0 Å². The Kier molecular flexibility index (Phi) is 4.16. The number of carbonyl (C=O) groups excluding carboxylic acids is 2. The third-order valence-corrected chi connectivity index (χ3v) is 4.03. The summed E-state index contributed by atoms with van der Waals surface area (Å²) in [6, 6.07) is 7.04. The Morgan fingerprint density at radius 2 is 2.09 bits per heavy atom. The summed E-state index contributed by atoms with van der Waals surface area (Å²) in [6.45, 7) is 4.88. The molecule has 0 radical (unpaired) electrons. The van der Waals surface area contributed by atoms with E-state index in [1.54, 1.807) is 29.2 Å². The van der Waals surface area contributed by atoms with Gasteiger partial charge in [-0.05, 0) is 18.2 Å². The summed E-state index contributed by atoms with van der Waals surface area (Å²) in [5.74, 6) is 0.262. The number of aromatic nitrogens is 2. The quantitative estimate of drug-likeness (QED) is 0.878. The number of halogens is 1. The first-order valence-corrected chi connectivity index (χ1v) is 7.49. The summed E-state index contributed by atoms with van der Waals surface area (Å²) in [7, 11) is 0. The molecule has 7 heteroatoms. The van der Waals surface area contributed by atoms with Gasteiger partial charge in [0.2, 0.25) is 5.91 Å². The molecule has 1 N–H and O–H groups in total. The second-order valence-corrected chi connectivity index (χ2v) is 5.52. The highest BCUT2D eigenvalue weighted by molar-refractivity contribution is 6.33. The van der Waals surface area contributed by atoms with Crippen LogP contribution < -0.4 is 5.32 Å². The Balaban J connectivity index is 1.79. The summed E-state index contributed by atoms with van der Waals surface area (Å²) < 4.78 is 1.82. The van der Waals surface area contributed by atoms with Gasteiger partial charge in [0.25, 0.3) is 5.91 Å². The fourth-order valence-corrected chi connectivity index (χ4v) is 2.69. The van der Waals surface area contributed by atoms with E-state index < -0.39 is 0 Å². The molecule has 0 spiro atoms. The molecule has 2 heterocycles. The van der Waals surface area contributed by atoms with Crippen LogP contribution in [-0.2, 0) is 17.9 Å². The molecule has 0 atom stereocenters. The lowest BCUT2D eigenvalue weighted by Crippen LogP contribution is -2.38. The molecular weight excluding hydrogens is 316 g/mol. The average Bonchev–Trinajstić information content (AvgIpc) is 2.99. The van der Waals surface area contributed by atoms with E-state index in [1.165, 1.54) is 12.3 Å². The van der Waals surface area contributed by atoms with Crippen molar-refractivity contribution in [1.29, 1.82) is 0 Å².